The number of carbonyl (C=O) groups is 2. The van der Waals surface area contributed by atoms with Gasteiger partial charge in [-0.15, -0.1) is 0 Å². The Morgan fingerprint density at radius 1 is 1.21 bits per heavy atom. The second-order valence-corrected chi connectivity index (χ2v) is 6.22. The molecule has 1 rings (SSSR count). The first-order valence-corrected chi connectivity index (χ1v) is 6.52. The zero-order valence-electron chi connectivity index (χ0n) is 8.49. The van der Waals surface area contributed by atoms with E-state index in [0.717, 1.165) is 0 Å². The van der Waals surface area contributed by atoms with Crippen molar-refractivity contribution in [1.82, 2.24) is 0 Å². The van der Waals surface area contributed by atoms with E-state index in [0.29, 0.717) is 24.3 Å². The molecule has 1 fully saturated rings. The predicted molar refractivity (Wildman–Crippen MR) is 54.4 cm³/mol. The van der Waals surface area contributed by atoms with Gasteiger partial charge in [0.05, 0.1) is 9.73 Å². The summed E-state index contributed by atoms with van der Waals surface area (Å²) < 4.78 is 15.5. The summed E-state index contributed by atoms with van der Waals surface area (Å²) in [5.41, 5.74) is 0. The van der Waals surface area contributed by atoms with Gasteiger partial charge in [0.25, 0.3) is 5.91 Å². The van der Waals surface area contributed by atoms with Gasteiger partial charge in [0.1, 0.15) is 5.78 Å². The summed E-state index contributed by atoms with van der Waals surface area (Å²) >= 11 is 0. The standard InChI is InChI=1S/C9H15NO3S/c1-7(11)9-3-5-14(13,6-4-9)10-8(2)12/h9H,3-6H2,1-2H3. The average molecular weight is 217 g/mol. The lowest BCUT2D eigenvalue weighted by atomic mass is 9.99. The highest BCUT2D eigenvalue weighted by Gasteiger charge is 2.25. The predicted octanol–water partition coefficient (Wildman–Crippen LogP) is 1.000. The fraction of sp³-hybridized carbons (Fsp3) is 0.778. The third-order valence-corrected chi connectivity index (χ3v) is 4.78. The molecule has 80 valence electrons. The van der Waals surface area contributed by atoms with E-state index in [9.17, 15) is 13.8 Å². The molecule has 0 spiro atoms. The van der Waals surface area contributed by atoms with Crippen LogP contribution in [0.3, 0.4) is 0 Å². The van der Waals surface area contributed by atoms with E-state index >= 15 is 0 Å². The van der Waals surface area contributed by atoms with E-state index in [1.165, 1.54) is 6.92 Å². The van der Waals surface area contributed by atoms with Crippen LogP contribution in [-0.4, -0.2) is 27.4 Å². The van der Waals surface area contributed by atoms with Gasteiger partial charge in [-0.3, -0.25) is 9.59 Å². The van der Waals surface area contributed by atoms with Gasteiger partial charge < -0.3 is 0 Å². The maximum atomic E-state index is 11.9. The van der Waals surface area contributed by atoms with Crippen molar-refractivity contribution in [2.75, 3.05) is 11.5 Å². The molecule has 0 N–H and O–H groups in total. The maximum Gasteiger partial charge on any atom is 0.250 e. The van der Waals surface area contributed by atoms with Crippen molar-refractivity contribution in [1.29, 1.82) is 0 Å². The van der Waals surface area contributed by atoms with Crippen molar-refractivity contribution in [3.05, 3.63) is 0 Å². The van der Waals surface area contributed by atoms with Crippen LogP contribution in [0.1, 0.15) is 26.7 Å². The van der Waals surface area contributed by atoms with Gasteiger partial charge in [0.15, 0.2) is 0 Å². The van der Waals surface area contributed by atoms with Crippen LogP contribution in [0.4, 0.5) is 0 Å². The number of Topliss-reactive ketones (excluding diaryl/α,β-unsaturated/α-hetero) is 1. The fourth-order valence-electron chi connectivity index (χ4n) is 1.63. The molecule has 1 heterocycles. The monoisotopic (exact) mass is 217 g/mol. The van der Waals surface area contributed by atoms with E-state index in [4.69, 9.17) is 0 Å². The lowest BCUT2D eigenvalue weighted by Gasteiger charge is -2.21. The first-order chi connectivity index (χ1) is 6.43. The van der Waals surface area contributed by atoms with Gasteiger partial charge in [0.2, 0.25) is 0 Å². The van der Waals surface area contributed by atoms with Crippen LogP contribution in [0.25, 0.3) is 0 Å². The van der Waals surface area contributed by atoms with Gasteiger partial charge in [-0.25, -0.2) is 4.21 Å². The Morgan fingerprint density at radius 2 is 1.71 bits per heavy atom. The van der Waals surface area contributed by atoms with E-state index in [-0.39, 0.29) is 17.6 Å². The van der Waals surface area contributed by atoms with Gasteiger partial charge in [0, 0.05) is 24.3 Å². The number of amides is 1. The Kier molecular flexibility index (Phi) is 3.42. The largest absolute Gasteiger partial charge is 0.300 e. The highest BCUT2D eigenvalue weighted by atomic mass is 32.2. The molecule has 0 atom stereocenters. The Morgan fingerprint density at radius 3 is 2.07 bits per heavy atom. The number of rotatable bonds is 1. The zero-order chi connectivity index (χ0) is 10.8. The molecular weight excluding hydrogens is 202 g/mol. The van der Waals surface area contributed by atoms with Gasteiger partial charge in [-0.2, -0.15) is 4.36 Å². The highest BCUT2D eigenvalue weighted by molar-refractivity contribution is 7.93. The summed E-state index contributed by atoms with van der Waals surface area (Å²) in [7, 11) is -2.33. The molecule has 0 unspecified atom stereocenters. The average Bonchev–Trinajstić information content (AvgIpc) is 2.02. The first-order valence-electron chi connectivity index (χ1n) is 4.66. The third-order valence-electron chi connectivity index (χ3n) is 2.44. The topological polar surface area (TPSA) is 63.6 Å². The molecule has 1 saturated heterocycles. The summed E-state index contributed by atoms with van der Waals surface area (Å²) in [4.78, 5) is 21.8. The van der Waals surface area contributed by atoms with Crippen molar-refractivity contribution in [3.63, 3.8) is 0 Å². The van der Waals surface area contributed by atoms with Crippen molar-refractivity contribution < 1.29 is 13.8 Å². The number of hydrogen-bond acceptors (Lipinski definition) is 3. The van der Waals surface area contributed by atoms with Crippen molar-refractivity contribution >= 4 is 21.4 Å². The molecule has 1 aliphatic heterocycles. The molecule has 4 nitrogen and oxygen atoms in total. The van der Waals surface area contributed by atoms with Crippen LogP contribution in [0, 0.1) is 5.92 Å². The molecule has 0 aromatic carbocycles. The molecule has 0 aliphatic carbocycles. The lowest BCUT2D eigenvalue weighted by molar-refractivity contribution is -0.120. The second kappa shape index (κ2) is 4.21. The molecule has 0 radical (unpaired) electrons. The number of nitrogens with zero attached hydrogens (tertiary/aromatic N) is 1. The second-order valence-electron chi connectivity index (χ2n) is 3.68. The third kappa shape index (κ3) is 2.90. The molecular formula is C9H15NO3S. The molecule has 5 heteroatoms. The van der Waals surface area contributed by atoms with E-state index in [2.05, 4.69) is 4.36 Å². The molecule has 1 amide bonds. The minimum absolute atomic E-state index is 0.0201. The summed E-state index contributed by atoms with van der Waals surface area (Å²) in [5.74, 6) is 0.561. The molecule has 0 bridgehead atoms. The van der Waals surface area contributed by atoms with Crippen LogP contribution in [-0.2, 0) is 19.3 Å². The molecule has 0 aromatic heterocycles. The maximum absolute atomic E-state index is 11.9. The van der Waals surface area contributed by atoms with Crippen LogP contribution < -0.4 is 0 Å². The van der Waals surface area contributed by atoms with Crippen molar-refractivity contribution in [2.24, 2.45) is 10.3 Å². The van der Waals surface area contributed by atoms with E-state index in [1.807, 2.05) is 0 Å². The smallest absolute Gasteiger partial charge is 0.250 e. The van der Waals surface area contributed by atoms with Crippen LogP contribution in [0.15, 0.2) is 4.36 Å². The quantitative estimate of drug-likeness (QED) is 0.658. The van der Waals surface area contributed by atoms with Crippen LogP contribution in [0.2, 0.25) is 0 Å². The lowest BCUT2D eigenvalue weighted by Crippen LogP contribution is -2.27. The van der Waals surface area contributed by atoms with E-state index in [1.54, 1.807) is 6.92 Å². The van der Waals surface area contributed by atoms with Crippen molar-refractivity contribution in [3.8, 4) is 0 Å². The Labute approximate surface area is 84.3 Å². The minimum atomic E-state index is -2.33. The van der Waals surface area contributed by atoms with E-state index < -0.39 is 9.73 Å². The van der Waals surface area contributed by atoms with Gasteiger partial charge >= 0.3 is 0 Å². The Hall–Kier alpha value is -0.710. The zero-order valence-corrected chi connectivity index (χ0v) is 9.30. The summed E-state index contributed by atoms with van der Waals surface area (Å²) in [6.07, 6.45) is 1.20. The van der Waals surface area contributed by atoms with Gasteiger partial charge in [-0.05, 0) is 19.8 Å². The minimum Gasteiger partial charge on any atom is -0.300 e. The SMILES string of the molecule is CC(=O)N=S1(=O)CCC(C(C)=O)CC1. The number of carbonyl (C=O) groups excluding carboxylic acids is 2. The number of ketones is 1. The molecule has 1 aliphatic rings. The Bertz CT molecular complexity index is 352. The summed E-state index contributed by atoms with van der Waals surface area (Å²) in [6.45, 7) is 2.86. The first kappa shape index (κ1) is 11.4. The number of hydrogen-bond donors (Lipinski definition) is 0. The fourth-order valence-corrected chi connectivity index (χ4v) is 3.79. The summed E-state index contributed by atoms with van der Waals surface area (Å²) in [6, 6.07) is 0. The van der Waals surface area contributed by atoms with Crippen LogP contribution >= 0.6 is 0 Å². The van der Waals surface area contributed by atoms with Gasteiger partial charge in [-0.1, -0.05) is 0 Å². The van der Waals surface area contributed by atoms with Crippen LogP contribution in [0.5, 0.6) is 0 Å². The molecule has 14 heavy (non-hydrogen) atoms. The normalized spacial score (nSPS) is 32.3. The summed E-state index contributed by atoms with van der Waals surface area (Å²) in [5, 5.41) is 0. The molecule has 0 saturated carbocycles. The van der Waals surface area contributed by atoms with Crippen molar-refractivity contribution in [2.45, 2.75) is 26.7 Å². The highest BCUT2D eigenvalue weighted by Crippen LogP contribution is 2.21. The Balaban J connectivity index is 2.72. The molecule has 0 aromatic rings.